The lowest BCUT2D eigenvalue weighted by Gasteiger charge is -2.30. The van der Waals surface area contributed by atoms with Gasteiger partial charge in [0.25, 0.3) is 0 Å². The number of hydrogen-bond donors (Lipinski definition) is 3. The number of hydrogen-bond acceptors (Lipinski definition) is 4. The van der Waals surface area contributed by atoms with Crippen LogP contribution in [0.1, 0.15) is 39.0 Å². The molecule has 0 aromatic rings. The largest absolute Gasteiger partial charge is 0.378 e. The zero-order chi connectivity index (χ0) is 15.1. The fraction of sp³-hybridized carbons (Fsp3) is 0.857. The summed E-state index contributed by atoms with van der Waals surface area (Å²) in [6.45, 7) is 4.35. The Morgan fingerprint density at radius 1 is 1.29 bits per heavy atom. The van der Waals surface area contributed by atoms with Crippen LogP contribution in [0.15, 0.2) is 4.99 Å². The molecular weight excluding hydrogens is 270 g/mol. The lowest BCUT2D eigenvalue weighted by molar-refractivity contribution is -0.136. The van der Waals surface area contributed by atoms with Crippen molar-refractivity contribution in [3.05, 3.63) is 0 Å². The molecule has 1 atom stereocenters. The molecule has 1 saturated carbocycles. The summed E-state index contributed by atoms with van der Waals surface area (Å²) in [5.74, 6) is 6.10. The number of nitrogens with one attached hydrogen (secondary N) is 2. The first kappa shape index (κ1) is 16.0. The highest BCUT2D eigenvalue weighted by Gasteiger charge is 2.23. The molecule has 1 unspecified atom stereocenters. The number of morpholine rings is 1. The van der Waals surface area contributed by atoms with E-state index in [0.717, 1.165) is 12.8 Å². The third kappa shape index (κ3) is 4.86. The van der Waals surface area contributed by atoms with Crippen molar-refractivity contribution in [2.75, 3.05) is 26.3 Å². The van der Waals surface area contributed by atoms with Crippen LogP contribution in [0.3, 0.4) is 0 Å². The predicted octanol–water partition coefficient (Wildman–Crippen LogP) is -0.0247. The zero-order valence-corrected chi connectivity index (χ0v) is 12.8. The van der Waals surface area contributed by atoms with Crippen LogP contribution in [0, 0.1) is 0 Å². The highest BCUT2D eigenvalue weighted by Crippen LogP contribution is 2.20. The van der Waals surface area contributed by atoms with Gasteiger partial charge in [0, 0.05) is 13.1 Å². The van der Waals surface area contributed by atoms with Crippen LogP contribution in [0.2, 0.25) is 0 Å². The number of aliphatic imine (C=N–C) groups is 1. The van der Waals surface area contributed by atoms with E-state index in [0.29, 0.717) is 38.3 Å². The Bertz CT molecular complexity index is 362. The van der Waals surface area contributed by atoms with Crippen molar-refractivity contribution in [2.24, 2.45) is 10.8 Å². The molecule has 2 rings (SSSR count). The monoisotopic (exact) mass is 297 g/mol. The van der Waals surface area contributed by atoms with Gasteiger partial charge in [0.05, 0.1) is 19.3 Å². The van der Waals surface area contributed by atoms with E-state index in [9.17, 15) is 4.79 Å². The average molecular weight is 297 g/mol. The van der Waals surface area contributed by atoms with Crippen molar-refractivity contribution in [3.8, 4) is 0 Å². The van der Waals surface area contributed by atoms with Gasteiger partial charge in [0.15, 0.2) is 0 Å². The molecule has 1 saturated heterocycles. The molecule has 21 heavy (non-hydrogen) atoms. The molecule has 2 aliphatic rings. The maximum atomic E-state index is 12.3. The van der Waals surface area contributed by atoms with E-state index in [1.54, 1.807) is 0 Å². The zero-order valence-electron chi connectivity index (χ0n) is 12.8. The summed E-state index contributed by atoms with van der Waals surface area (Å²) in [6.07, 6.45) is 5.91. The van der Waals surface area contributed by atoms with Crippen LogP contribution in [-0.4, -0.2) is 55.2 Å². The van der Waals surface area contributed by atoms with Gasteiger partial charge in [0.1, 0.15) is 6.04 Å². The number of rotatable bonds is 3. The van der Waals surface area contributed by atoms with Crippen LogP contribution in [0.4, 0.5) is 0 Å². The molecule has 0 bridgehead atoms. The van der Waals surface area contributed by atoms with Gasteiger partial charge in [-0.1, -0.05) is 19.3 Å². The molecular formula is C14H27N5O2. The van der Waals surface area contributed by atoms with Gasteiger partial charge < -0.3 is 15.0 Å². The summed E-state index contributed by atoms with van der Waals surface area (Å²) >= 11 is 0. The van der Waals surface area contributed by atoms with E-state index in [2.05, 4.69) is 15.7 Å². The average Bonchev–Trinajstić information content (AvgIpc) is 2.55. The van der Waals surface area contributed by atoms with Gasteiger partial charge in [-0.05, 0) is 19.8 Å². The summed E-state index contributed by atoms with van der Waals surface area (Å²) in [5.41, 5.74) is 2.58. The molecule has 0 aromatic heterocycles. The van der Waals surface area contributed by atoms with Crippen molar-refractivity contribution in [1.29, 1.82) is 0 Å². The summed E-state index contributed by atoms with van der Waals surface area (Å²) in [7, 11) is 0. The number of nitrogens with zero attached hydrogens (tertiary/aromatic N) is 2. The van der Waals surface area contributed by atoms with Crippen molar-refractivity contribution in [2.45, 2.75) is 51.1 Å². The van der Waals surface area contributed by atoms with E-state index in [-0.39, 0.29) is 11.9 Å². The van der Waals surface area contributed by atoms with Gasteiger partial charge in [-0.3, -0.25) is 10.2 Å². The highest BCUT2D eigenvalue weighted by molar-refractivity contribution is 5.88. The lowest BCUT2D eigenvalue weighted by atomic mass is 9.96. The maximum absolute atomic E-state index is 12.3. The second-order valence-electron chi connectivity index (χ2n) is 5.72. The van der Waals surface area contributed by atoms with Crippen LogP contribution in [0.25, 0.3) is 0 Å². The molecule has 7 heteroatoms. The van der Waals surface area contributed by atoms with Crippen LogP contribution in [-0.2, 0) is 9.53 Å². The fourth-order valence-electron chi connectivity index (χ4n) is 2.83. The number of amides is 1. The maximum Gasteiger partial charge on any atom is 0.245 e. The van der Waals surface area contributed by atoms with Crippen LogP contribution in [0.5, 0.6) is 0 Å². The first-order chi connectivity index (χ1) is 10.2. The van der Waals surface area contributed by atoms with E-state index < -0.39 is 0 Å². The molecule has 1 aliphatic heterocycles. The minimum atomic E-state index is -0.346. The van der Waals surface area contributed by atoms with E-state index in [1.165, 1.54) is 19.3 Å². The van der Waals surface area contributed by atoms with Crippen molar-refractivity contribution < 1.29 is 9.53 Å². The molecule has 1 aliphatic carbocycles. The number of nitrogens with two attached hydrogens (primary N) is 1. The van der Waals surface area contributed by atoms with Crippen LogP contribution < -0.4 is 16.6 Å². The van der Waals surface area contributed by atoms with E-state index in [1.807, 2.05) is 11.8 Å². The quantitative estimate of drug-likeness (QED) is 0.295. The molecule has 0 aromatic carbocycles. The Kier molecular flexibility index (Phi) is 6.25. The Labute approximate surface area is 126 Å². The molecule has 4 N–H and O–H groups in total. The third-order valence-corrected chi connectivity index (χ3v) is 4.07. The lowest BCUT2D eigenvalue weighted by Crippen LogP contribution is -2.54. The predicted molar refractivity (Wildman–Crippen MR) is 81.6 cm³/mol. The Hall–Kier alpha value is -1.34. The molecule has 1 heterocycles. The van der Waals surface area contributed by atoms with Gasteiger partial charge >= 0.3 is 0 Å². The first-order valence-electron chi connectivity index (χ1n) is 7.88. The molecule has 120 valence electrons. The first-order valence-corrected chi connectivity index (χ1v) is 7.88. The summed E-state index contributed by atoms with van der Waals surface area (Å²) in [4.78, 5) is 18.7. The Morgan fingerprint density at radius 2 is 1.95 bits per heavy atom. The molecule has 0 spiro atoms. The third-order valence-electron chi connectivity index (χ3n) is 4.07. The normalized spacial score (nSPS) is 22.8. The topological polar surface area (TPSA) is 92.0 Å². The number of guanidine groups is 1. The molecule has 1 amide bonds. The molecule has 2 fully saturated rings. The second-order valence-corrected chi connectivity index (χ2v) is 5.72. The molecule has 7 nitrogen and oxygen atoms in total. The SMILES string of the molecule is CC(NC(=NC1CCCCC1)NN)C(=O)N1CCOCC1. The minimum Gasteiger partial charge on any atom is -0.378 e. The molecule has 0 radical (unpaired) electrons. The van der Waals surface area contributed by atoms with Gasteiger partial charge in [-0.15, -0.1) is 0 Å². The fourth-order valence-corrected chi connectivity index (χ4v) is 2.83. The van der Waals surface area contributed by atoms with Crippen molar-refractivity contribution >= 4 is 11.9 Å². The smallest absolute Gasteiger partial charge is 0.245 e. The number of carbonyl (C=O) groups is 1. The van der Waals surface area contributed by atoms with Crippen molar-refractivity contribution in [1.82, 2.24) is 15.6 Å². The summed E-state index contributed by atoms with van der Waals surface area (Å²) < 4.78 is 5.26. The summed E-state index contributed by atoms with van der Waals surface area (Å²) in [5, 5.41) is 3.09. The Morgan fingerprint density at radius 3 is 2.57 bits per heavy atom. The number of hydrazine groups is 1. The number of carbonyl (C=O) groups excluding carboxylic acids is 1. The van der Waals surface area contributed by atoms with Crippen molar-refractivity contribution in [3.63, 3.8) is 0 Å². The minimum absolute atomic E-state index is 0.0601. The van der Waals surface area contributed by atoms with Gasteiger partial charge in [-0.2, -0.15) is 0 Å². The highest BCUT2D eigenvalue weighted by atomic mass is 16.5. The van der Waals surface area contributed by atoms with E-state index in [4.69, 9.17) is 10.6 Å². The second kappa shape index (κ2) is 8.19. The standard InChI is InChI=1S/C14H27N5O2/c1-11(13(20)19-7-9-21-10-8-19)16-14(18-15)17-12-5-3-2-4-6-12/h11-12H,2-10,15H2,1H3,(H2,16,17,18). The summed E-state index contributed by atoms with van der Waals surface area (Å²) in [6, 6.07) is -0.0375. The Balaban J connectivity index is 1.87. The van der Waals surface area contributed by atoms with Gasteiger partial charge in [0.2, 0.25) is 11.9 Å². The van der Waals surface area contributed by atoms with E-state index >= 15 is 0 Å². The number of ether oxygens (including phenoxy) is 1. The van der Waals surface area contributed by atoms with Gasteiger partial charge in [-0.25, -0.2) is 10.8 Å². The van der Waals surface area contributed by atoms with Crippen LogP contribution >= 0.6 is 0 Å².